The van der Waals surface area contributed by atoms with Crippen molar-refractivity contribution in [1.82, 2.24) is 10.3 Å². The quantitative estimate of drug-likeness (QED) is 0.808. The van der Waals surface area contributed by atoms with Gasteiger partial charge in [0.05, 0.1) is 11.9 Å². The number of nitrogens with one attached hydrogen (secondary N) is 1. The number of nitrogens with zero attached hydrogens (tertiary/aromatic N) is 1. The Hall–Kier alpha value is -1.43. The molecule has 5 nitrogen and oxygen atoms in total. The Balaban J connectivity index is 1.95. The maximum absolute atomic E-state index is 11.7. The second-order valence-corrected chi connectivity index (χ2v) is 4.61. The summed E-state index contributed by atoms with van der Waals surface area (Å²) in [5.41, 5.74) is 1.94. The molecule has 1 aliphatic carbocycles. The number of hydrogen-bond donors (Lipinski definition) is 2. The monoisotopic (exact) mass is 240 g/mol. The number of thiazole rings is 1. The molecule has 0 aliphatic heterocycles. The van der Waals surface area contributed by atoms with Crippen LogP contribution in [0.4, 0.5) is 0 Å². The summed E-state index contributed by atoms with van der Waals surface area (Å²) >= 11 is 1.34. The molecule has 1 aliphatic rings. The molecule has 86 valence electrons. The van der Waals surface area contributed by atoms with Crippen LogP contribution in [0, 0.1) is 5.92 Å². The lowest BCUT2D eigenvalue weighted by atomic mass is 10.1. The summed E-state index contributed by atoms with van der Waals surface area (Å²) in [5.74, 6) is -0.839. The van der Waals surface area contributed by atoms with Crippen LogP contribution >= 0.6 is 11.3 Å². The highest BCUT2D eigenvalue weighted by Gasteiger charge is 2.34. The Bertz CT molecular complexity index is 387. The number of carboxylic acids is 1. The molecule has 1 unspecified atom stereocenters. The summed E-state index contributed by atoms with van der Waals surface area (Å²) in [7, 11) is 0. The van der Waals surface area contributed by atoms with Gasteiger partial charge >= 0.3 is 5.97 Å². The molecule has 6 heteroatoms. The SMILES string of the molecule is O=C(O)CC(NC(=O)c1cscn1)C1CC1. The first-order chi connectivity index (χ1) is 7.66. The molecule has 1 aromatic rings. The van der Waals surface area contributed by atoms with Crippen LogP contribution in [0.25, 0.3) is 0 Å². The lowest BCUT2D eigenvalue weighted by molar-refractivity contribution is -0.137. The number of aromatic nitrogens is 1. The summed E-state index contributed by atoms with van der Waals surface area (Å²) in [6, 6.07) is -0.258. The second kappa shape index (κ2) is 4.61. The van der Waals surface area contributed by atoms with Crippen molar-refractivity contribution in [1.29, 1.82) is 0 Å². The Morgan fingerprint density at radius 1 is 1.62 bits per heavy atom. The van der Waals surface area contributed by atoms with Gasteiger partial charge in [-0.3, -0.25) is 9.59 Å². The molecule has 2 N–H and O–H groups in total. The van der Waals surface area contributed by atoms with Gasteiger partial charge in [0.15, 0.2) is 0 Å². The molecule has 1 atom stereocenters. The molecule has 1 fully saturated rings. The number of aliphatic carboxylic acids is 1. The topological polar surface area (TPSA) is 79.3 Å². The number of hydrogen-bond acceptors (Lipinski definition) is 4. The van der Waals surface area contributed by atoms with Crippen molar-refractivity contribution < 1.29 is 14.7 Å². The van der Waals surface area contributed by atoms with Crippen LogP contribution in [-0.2, 0) is 4.79 Å². The van der Waals surface area contributed by atoms with Crippen LogP contribution in [-0.4, -0.2) is 28.0 Å². The number of rotatable bonds is 5. The molecular weight excluding hydrogens is 228 g/mol. The van der Waals surface area contributed by atoms with Gasteiger partial charge in [0.2, 0.25) is 0 Å². The van der Waals surface area contributed by atoms with Gasteiger partial charge in [0.25, 0.3) is 5.91 Å². The van der Waals surface area contributed by atoms with Crippen molar-refractivity contribution >= 4 is 23.2 Å². The standard InChI is InChI=1S/C10H12N2O3S/c13-9(14)3-7(6-1-2-6)12-10(15)8-4-16-5-11-8/h4-7H,1-3H2,(H,12,15)(H,13,14). The van der Waals surface area contributed by atoms with Gasteiger partial charge in [-0.05, 0) is 18.8 Å². The number of carboxylic acid groups (broad SMARTS) is 1. The predicted molar refractivity (Wildman–Crippen MR) is 58.3 cm³/mol. The Labute approximate surface area is 96.5 Å². The zero-order valence-corrected chi connectivity index (χ0v) is 9.37. The van der Waals surface area contributed by atoms with Crippen molar-refractivity contribution in [3.05, 3.63) is 16.6 Å². The highest BCUT2D eigenvalue weighted by molar-refractivity contribution is 7.07. The molecule has 1 heterocycles. The zero-order chi connectivity index (χ0) is 11.5. The summed E-state index contributed by atoms with van der Waals surface area (Å²) in [4.78, 5) is 26.2. The minimum absolute atomic E-state index is 0.0133. The van der Waals surface area contributed by atoms with E-state index in [1.807, 2.05) is 0 Å². The second-order valence-electron chi connectivity index (χ2n) is 3.89. The fourth-order valence-electron chi connectivity index (χ4n) is 1.59. The predicted octanol–water partition coefficient (Wildman–Crippen LogP) is 1.13. The smallest absolute Gasteiger partial charge is 0.305 e. The van der Waals surface area contributed by atoms with Crippen molar-refractivity contribution in [3.63, 3.8) is 0 Å². The fraction of sp³-hybridized carbons (Fsp3) is 0.500. The van der Waals surface area contributed by atoms with Crippen LogP contribution in [0.15, 0.2) is 10.9 Å². The van der Waals surface area contributed by atoms with Crippen LogP contribution < -0.4 is 5.32 Å². The Morgan fingerprint density at radius 2 is 2.38 bits per heavy atom. The van der Waals surface area contributed by atoms with Crippen molar-refractivity contribution in [2.45, 2.75) is 25.3 Å². The highest BCUT2D eigenvalue weighted by atomic mass is 32.1. The van der Waals surface area contributed by atoms with E-state index < -0.39 is 5.97 Å². The van der Waals surface area contributed by atoms with Gasteiger partial charge in [-0.25, -0.2) is 4.98 Å². The molecular formula is C10H12N2O3S. The van der Waals surface area contributed by atoms with E-state index in [9.17, 15) is 9.59 Å². The summed E-state index contributed by atoms with van der Waals surface area (Å²) in [6.07, 6.45) is 1.98. The minimum atomic E-state index is -0.879. The van der Waals surface area contributed by atoms with E-state index in [0.717, 1.165) is 12.8 Å². The lowest BCUT2D eigenvalue weighted by Crippen LogP contribution is -2.38. The first kappa shape index (κ1) is 11.1. The van der Waals surface area contributed by atoms with Crippen LogP contribution in [0.2, 0.25) is 0 Å². The lowest BCUT2D eigenvalue weighted by Gasteiger charge is -2.15. The van der Waals surface area contributed by atoms with Gasteiger partial charge in [-0.2, -0.15) is 0 Å². The molecule has 0 bridgehead atoms. The van der Waals surface area contributed by atoms with Gasteiger partial charge in [-0.1, -0.05) is 0 Å². The minimum Gasteiger partial charge on any atom is -0.481 e. The first-order valence-corrected chi connectivity index (χ1v) is 6.02. The highest BCUT2D eigenvalue weighted by Crippen LogP contribution is 2.34. The van der Waals surface area contributed by atoms with Crippen LogP contribution in [0.1, 0.15) is 29.8 Å². The first-order valence-electron chi connectivity index (χ1n) is 5.07. The maximum Gasteiger partial charge on any atom is 0.305 e. The molecule has 0 saturated heterocycles. The van der Waals surface area contributed by atoms with Gasteiger partial charge in [0, 0.05) is 11.4 Å². The van der Waals surface area contributed by atoms with Crippen molar-refractivity contribution in [2.75, 3.05) is 0 Å². The van der Waals surface area contributed by atoms with Crippen molar-refractivity contribution in [3.8, 4) is 0 Å². The molecule has 1 amide bonds. The van der Waals surface area contributed by atoms with E-state index in [4.69, 9.17) is 5.11 Å². The molecule has 16 heavy (non-hydrogen) atoms. The Kier molecular flexibility index (Phi) is 3.19. The number of amides is 1. The van der Waals surface area contributed by atoms with Crippen LogP contribution in [0.5, 0.6) is 0 Å². The Morgan fingerprint density at radius 3 is 2.88 bits per heavy atom. The number of carbonyl (C=O) groups is 2. The summed E-state index contributed by atoms with van der Waals surface area (Å²) in [6.45, 7) is 0. The molecule has 0 aromatic carbocycles. The molecule has 0 radical (unpaired) electrons. The van der Waals surface area contributed by atoms with E-state index in [0.29, 0.717) is 11.6 Å². The maximum atomic E-state index is 11.7. The van der Waals surface area contributed by atoms with E-state index in [1.54, 1.807) is 10.9 Å². The van der Waals surface area contributed by atoms with Crippen molar-refractivity contribution in [2.24, 2.45) is 5.92 Å². The summed E-state index contributed by atoms with van der Waals surface area (Å²) < 4.78 is 0. The van der Waals surface area contributed by atoms with E-state index in [-0.39, 0.29) is 18.4 Å². The fourth-order valence-corrected chi connectivity index (χ4v) is 2.12. The third-order valence-electron chi connectivity index (χ3n) is 2.57. The van der Waals surface area contributed by atoms with E-state index in [1.165, 1.54) is 11.3 Å². The number of carbonyl (C=O) groups excluding carboxylic acids is 1. The third kappa shape index (κ3) is 2.79. The van der Waals surface area contributed by atoms with Gasteiger partial charge in [-0.15, -0.1) is 11.3 Å². The van der Waals surface area contributed by atoms with Gasteiger partial charge in [0.1, 0.15) is 5.69 Å². The van der Waals surface area contributed by atoms with E-state index in [2.05, 4.69) is 10.3 Å². The average molecular weight is 240 g/mol. The third-order valence-corrected chi connectivity index (χ3v) is 3.15. The molecule has 1 aromatic heterocycles. The van der Waals surface area contributed by atoms with Gasteiger partial charge < -0.3 is 10.4 Å². The molecule has 1 saturated carbocycles. The molecule has 2 rings (SSSR count). The van der Waals surface area contributed by atoms with Crippen LogP contribution in [0.3, 0.4) is 0 Å². The van der Waals surface area contributed by atoms with E-state index >= 15 is 0 Å². The summed E-state index contributed by atoms with van der Waals surface area (Å²) in [5, 5.41) is 13.1. The normalized spacial score (nSPS) is 16.8. The largest absolute Gasteiger partial charge is 0.481 e. The molecule has 0 spiro atoms. The zero-order valence-electron chi connectivity index (χ0n) is 8.55. The average Bonchev–Trinajstić information content (AvgIpc) is 2.91.